The molecule has 2 heterocycles. The maximum Gasteiger partial charge on any atom is 0.506 e. The van der Waals surface area contributed by atoms with Crippen molar-refractivity contribution in [2.24, 2.45) is 0 Å². The first-order chi connectivity index (χ1) is 14.1. The number of fused-ring (bicyclic) bond motifs is 2. The van der Waals surface area contributed by atoms with Gasteiger partial charge in [0.25, 0.3) is 0 Å². The van der Waals surface area contributed by atoms with E-state index in [1.807, 2.05) is 48.5 Å². The van der Waals surface area contributed by atoms with Crippen molar-refractivity contribution in [2.45, 2.75) is 31.9 Å². The predicted octanol–water partition coefficient (Wildman–Crippen LogP) is 3.79. The van der Waals surface area contributed by atoms with Crippen molar-refractivity contribution in [2.75, 3.05) is 31.1 Å². The smallest absolute Gasteiger partial charge is 0.450 e. The average molecular weight is 394 g/mol. The van der Waals surface area contributed by atoms with Gasteiger partial charge in [-0.25, -0.2) is 4.79 Å². The van der Waals surface area contributed by atoms with Crippen LogP contribution in [-0.2, 0) is 11.3 Å². The van der Waals surface area contributed by atoms with Crippen LogP contribution in [0.25, 0.3) is 0 Å². The van der Waals surface area contributed by atoms with Crippen molar-refractivity contribution in [1.82, 2.24) is 4.90 Å². The van der Waals surface area contributed by atoms with E-state index >= 15 is 0 Å². The van der Waals surface area contributed by atoms with Gasteiger partial charge < -0.3 is 14.7 Å². The van der Waals surface area contributed by atoms with Crippen molar-refractivity contribution in [3.63, 3.8) is 0 Å². The molecule has 4 rings (SSSR count). The minimum absolute atomic E-state index is 0.0865. The van der Waals surface area contributed by atoms with Crippen LogP contribution in [0.1, 0.15) is 40.7 Å². The summed E-state index contributed by atoms with van der Waals surface area (Å²) in [4.78, 5) is 28.4. The fraction of sp³-hybridized carbons (Fsp3) is 0.391. The SMILES string of the molecule is O=C(O)O[C@@H]1CCCN(CCCN2Cc3ccccc3C(=O)c3ccccc32)C1. The first-order valence-electron chi connectivity index (χ1n) is 10.2. The molecule has 1 fully saturated rings. The van der Waals surface area contributed by atoms with E-state index in [2.05, 4.69) is 9.80 Å². The van der Waals surface area contributed by atoms with Crippen LogP contribution in [0.2, 0.25) is 0 Å². The van der Waals surface area contributed by atoms with Crippen LogP contribution in [-0.4, -0.2) is 54.2 Å². The second-order valence-corrected chi connectivity index (χ2v) is 7.73. The lowest BCUT2D eigenvalue weighted by Gasteiger charge is -2.32. The first kappa shape index (κ1) is 19.5. The maximum atomic E-state index is 13.0. The summed E-state index contributed by atoms with van der Waals surface area (Å²) < 4.78 is 4.96. The molecule has 0 amide bonds. The number of ether oxygens (including phenoxy) is 1. The number of piperidine rings is 1. The molecule has 1 atom stereocenters. The van der Waals surface area contributed by atoms with E-state index in [9.17, 15) is 9.59 Å². The Morgan fingerprint density at radius 2 is 1.83 bits per heavy atom. The van der Waals surface area contributed by atoms with E-state index in [1.165, 1.54) is 0 Å². The lowest BCUT2D eigenvalue weighted by Crippen LogP contribution is -2.41. The fourth-order valence-corrected chi connectivity index (χ4v) is 4.40. The number of rotatable bonds is 5. The van der Waals surface area contributed by atoms with Crippen molar-refractivity contribution in [3.8, 4) is 0 Å². The predicted molar refractivity (Wildman–Crippen MR) is 111 cm³/mol. The highest BCUT2D eigenvalue weighted by molar-refractivity contribution is 6.14. The summed E-state index contributed by atoms with van der Waals surface area (Å²) in [5.41, 5.74) is 3.58. The quantitative estimate of drug-likeness (QED) is 0.778. The summed E-state index contributed by atoms with van der Waals surface area (Å²) in [7, 11) is 0. The molecule has 0 aliphatic carbocycles. The molecule has 2 aliphatic heterocycles. The van der Waals surface area contributed by atoms with Gasteiger partial charge in [0.15, 0.2) is 5.78 Å². The van der Waals surface area contributed by atoms with Crippen LogP contribution in [0.3, 0.4) is 0 Å². The zero-order valence-corrected chi connectivity index (χ0v) is 16.4. The number of para-hydroxylation sites is 1. The zero-order chi connectivity index (χ0) is 20.2. The van der Waals surface area contributed by atoms with Crippen LogP contribution < -0.4 is 4.90 Å². The lowest BCUT2D eigenvalue weighted by atomic mass is 9.99. The molecule has 6 nitrogen and oxygen atoms in total. The molecular formula is C23H26N2O4. The van der Waals surface area contributed by atoms with Gasteiger partial charge in [0.05, 0.1) is 0 Å². The van der Waals surface area contributed by atoms with Crippen LogP contribution >= 0.6 is 0 Å². The molecule has 0 spiro atoms. The van der Waals surface area contributed by atoms with Crippen LogP contribution in [0.5, 0.6) is 0 Å². The number of anilines is 1. The van der Waals surface area contributed by atoms with Gasteiger partial charge in [-0.15, -0.1) is 0 Å². The largest absolute Gasteiger partial charge is 0.506 e. The number of ketones is 1. The van der Waals surface area contributed by atoms with Gasteiger partial charge in [0.2, 0.25) is 0 Å². The van der Waals surface area contributed by atoms with Gasteiger partial charge in [-0.3, -0.25) is 9.69 Å². The molecule has 2 aromatic carbocycles. The normalized spacial score (nSPS) is 19.2. The molecule has 0 saturated carbocycles. The Hall–Kier alpha value is -2.86. The summed E-state index contributed by atoms with van der Waals surface area (Å²) in [6.45, 7) is 4.05. The molecule has 2 aromatic rings. The highest BCUT2D eigenvalue weighted by atomic mass is 16.7. The van der Waals surface area contributed by atoms with E-state index in [0.29, 0.717) is 13.1 Å². The van der Waals surface area contributed by atoms with Gasteiger partial charge in [-0.1, -0.05) is 36.4 Å². The number of carboxylic acid groups (broad SMARTS) is 1. The van der Waals surface area contributed by atoms with Gasteiger partial charge in [0.1, 0.15) is 6.10 Å². The summed E-state index contributed by atoms with van der Waals surface area (Å²) in [5.74, 6) is 0.0865. The fourth-order valence-electron chi connectivity index (χ4n) is 4.40. The Labute approximate surface area is 170 Å². The molecule has 0 unspecified atom stereocenters. The number of carbonyl (C=O) groups is 2. The molecule has 2 aliphatic rings. The molecule has 29 heavy (non-hydrogen) atoms. The highest BCUT2D eigenvalue weighted by Crippen LogP contribution is 2.30. The monoisotopic (exact) mass is 394 g/mol. The number of likely N-dealkylation sites (tertiary alicyclic amines) is 1. The number of carbonyl (C=O) groups excluding carboxylic acids is 1. The van der Waals surface area contributed by atoms with Crippen LogP contribution in [0.4, 0.5) is 10.5 Å². The number of hydrogen-bond donors (Lipinski definition) is 1. The van der Waals surface area contributed by atoms with Crippen molar-refractivity contribution >= 4 is 17.6 Å². The lowest BCUT2D eigenvalue weighted by molar-refractivity contribution is 0.0135. The van der Waals surface area contributed by atoms with E-state index in [0.717, 1.165) is 61.3 Å². The Kier molecular flexibility index (Phi) is 5.81. The van der Waals surface area contributed by atoms with E-state index < -0.39 is 6.16 Å². The van der Waals surface area contributed by atoms with Crippen molar-refractivity contribution < 1.29 is 19.4 Å². The molecule has 0 radical (unpaired) electrons. The van der Waals surface area contributed by atoms with Crippen molar-refractivity contribution in [1.29, 1.82) is 0 Å². The first-order valence-corrected chi connectivity index (χ1v) is 10.2. The number of hydrogen-bond acceptors (Lipinski definition) is 5. The minimum Gasteiger partial charge on any atom is -0.450 e. The van der Waals surface area contributed by atoms with E-state index in [1.54, 1.807) is 0 Å². The highest BCUT2D eigenvalue weighted by Gasteiger charge is 2.26. The van der Waals surface area contributed by atoms with E-state index in [4.69, 9.17) is 9.84 Å². The summed E-state index contributed by atoms with van der Waals surface area (Å²) in [6, 6.07) is 15.7. The van der Waals surface area contributed by atoms with Gasteiger partial charge in [0, 0.05) is 36.4 Å². The molecule has 0 aromatic heterocycles. The third kappa shape index (κ3) is 4.43. The average Bonchev–Trinajstić information content (AvgIpc) is 2.84. The summed E-state index contributed by atoms with van der Waals surface area (Å²) in [6.07, 6.45) is 1.25. The third-order valence-electron chi connectivity index (χ3n) is 5.74. The Morgan fingerprint density at radius 1 is 1.07 bits per heavy atom. The second-order valence-electron chi connectivity index (χ2n) is 7.73. The number of nitrogens with zero attached hydrogens (tertiary/aromatic N) is 2. The topological polar surface area (TPSA) is 70.1 Å². The standard InChI is InChI=1S/C23H26N2O4/c26-22-19-9-2-1-7-17(19)15-25(21-11-4-3-10-20(21)22)14-6-13-24-12-5-8-18(16-24)29-23(27)28/h1-4,7,9-11,18H,5-6,8,12-16H2,(H,27,28)/t18-/m1/s1. The zero-order valence-electron chi connectivity index (χ0n) is 16.4. The summed E-state index contributed by atoms with van der Waals surface area (Å²) in [5, 5.41) is 8.84. The maximum absolute atomic E-state index is 13.0. The Bertz CT molecular complexity index is 898. The Morgan fingerprint density at radius 3 is 2.66 bits per heavy atom. The van der Waals surface area contributed by atoms with Gasteiger partial charge in [-0.2, -0.15) is 0 Å². The van der Waals surface area contributed by atoms with Crippen molar-refractivity contribution in [3.05, 3.63) is 65.2 Å². The molecular weight excluding hydrogens is 368 g/mol. The molecule has 6 heteroatoms. The minimum atomic E-state index is -1.19. The number of benzene rings is 2. The Balaban J connectivity index is 1.44. The van der Waals surface area contributed by atoms with E-state index in [-0.39, 0.29) is 11.9 Å². The molecule has 152 valence electrons. The van der Waals surface area contributed by atoms with Crippen LogP contribution in [0.15, 0.2) is 48.5 Å². The summed E-state index contributed by atoms with van der Waals surface area (Å²) >= 11 is 0. The molecule has 0 bridgehead atoms. The van der Waals surface area contributed by atoms with Crippen LogP contribution in [0, 0.1) is 0 Å². The third-order valence-corrected chi connectivity index (χ3v) is 5.74. The van der Waals surface area contributed by atoms with Gasteiger partial charge >= 0.3 is 6.16 Å². The molecule has 1 saturated heterocycles. The van der Waals surface area contributed by atoms with Gasteiger partial charge in [-0.05, 0) is 50.0 Å². The second kappa shape index (κ2) is 8.66. The molecule has 1 N–H and O–H groups in total.